The molecule has 0 fully saturated rings. The summed E-state index contributed by atoms with van der Waals surface area (Å²) in [5.74, 6) is 0. The summed E-state index contributed by atoms with van der Waals surface area (Å²) in [5.41, 5.74) is 9.86. The van der Waals surface area contributed by atoms with Crippen molar-refractivity contribution < 1.29 is 0 Å². The lowest BCUT2D eigenvalue weighted by Crippen LogP contribution is -2.18. The Hall–Kier alpha value is -1.60. The Morgan fingerprint density at radius 1 is 0.889 bits per heavy atom. The Morgan fingerprint density at radius 2 is 1.50 bits per heavy atom. The average molecular weight is 239 g/mol. The van der Waals surface area contributed by atoms with Crippen LogP contribution in [0.1, 0.15) is 25.3 Å². The van der Waals surface area contributed by atoms with Crippen molar-refractivity contribution >= 4 is 0 Å². The van der Waals surface area contributed by atoms with Gasteiger partial charge in [0.05, 0.1) is 0 Å². The van der Waals surface area contributed by atoms with Crippen molar-refractivity contribution in [2.24, 2.45) is 5.73 Å². The molecule has 0 aromatic heterocycles. The fourth-order valence-electron chi connectivity index (χ4n) is 2.05. The van der Waals surface area contributed by atoms with E-state index in [1.165, 1.54) is 16.7 Å². The van der Waals surface area contributed by atoms with Gasteiger partial charge in [-0.2, -0.15) is 0 Å². The molecule has 0 saturated heterocycles. The molecule has 0 aliphatic carbocycles. The summed E-state index contributed by atoms with van der Waals surface area (Å²) in [5, 5.41) is 0. The topological polar surface area (TPSA) is 26.0 Å². The summed E-state index contributed by atoms with van der Waals surface area (Å²) in [6.07, 6.45) is 3.20. The number of hydrogen-bond donors (Lipinski definition) is 1. The van der Waals surface area contributed by atoms with Crippen LogP contribution in [-0.4, -0.2) is 6.04 Å². The van der Waals surface area contributed by atoms with E-state index in [1.807, 2.05) is 6.07 Å². The van der Waals surface area contributed by atoms with Gasteiger partial charge in [-0.15, -0.1) is 0 Å². The summed E-state index contributed by atoms with van der Waals surface area (Å²) in [6, 6.07) is 19.6. The van der Waals surface area contributed by atoms with Gasteiger partial charge in [-0.1, -0.05) is 61.5 Å². The Labute approximate surface area is 110 Å². The molecule has 1 heteroatoms. The molecule has 0 aliphatic heterocycles. The molecule has 1 unspecified atom stereocenters. The minimum Gasteiger partial charge on any atom is -0.328 e. The molecule has 18 heavy (non-hydrogen) atoms. The first-order valence-corrected chi connectivity index (χ1v) is 6.69. The van der Waals surface area contributed by atoms with Gasteiger partial charge in [0.15, 0.2) is 0 Å². The fourth-order valence-corrected chi connectivity index (χ4v) is 2.05. The van der Waals surface area contributed by atoms with E-state index in [9.17, 15) is 0 Å². The zero-order valence-corrected chi connectivity index (χ0v) is 11.0. The average Bonchev–Trinajstić information content (AvgIpc) is 2.46. The zero-order valence-electron chi connectivity index (χ0n) is 11.0. The zero-order chi connectivity index (χ0) is 12.8. The van der Waals surface area contributed by atoms with Crippen LogP contribution in [0.2, 0.25) is 0 Å². The van der Waals surface area contributed by atoms with E-state index in [2.05, 4.69) is 55.5 Å². The predicted octanol–water partition coefficient (Wildman–Crippen LogP) is 4.02. The lowest BCUT2D eigenvalue weighted by Gasteiger charge is -2.09. The number of benzene rings is 2. The third-order valence-corrected chi connectivity index (χ3v) is 3.39. The van der Waals surface area contributed by atoms with Gasteiger partial charge in [-0.3, -0.25) is 0 Å². The third kappa shape index (κ3) is 3.44. The van der Waals surface area contributed by atoms with E-state index in [1.54, 1.807) is 0 Å². The van der Waals surface area contributed by atoms with Crippen molar-refractivity contribution in [2.45, 2.75) is 32.2 Å². The van der Waals surface area contributed by atoms with Gasteiger partial charge in [0, 0.05) is 6.04 Å². The Morgan fingerprint density at radius 3 is 2.11 bits per heavy atom. The smallest absolute Gasteiger partial charge is 0.00393 e. The molecule has 2 rings (SSSR count). The van der Waals surface area contributed by atoms with Crippen molar-refractivity contribution in [2.75, 3.05) is 0 Å². The van der Waals surface area contributed by atoms with Crippen molar-refractivity contribution in [3.63, 3.8) is 0 Å². The molecule has 2 aromatic carbocycles. The highest BCUT2D eigenvalue weighted by Crippen LogP contribution is 2.19. The second-order valence-electron chi connectivity index (χ2n) is 4.77. The molecule has 0 spiro atoms. The van der Waals surface area contributed by atoms with Gasteiger partial charge in [-0.05, 0) is 36.0 Å². The van der Waals surface area contributed by atoms with Crippen LogP contribution in [0.4, 0.5) is 0 Å². The Kier molecular flexibility index (Phi) is 4.54. The lowest BCUT2D eigenvalue weighted by atomic mass is 10.0. The normalized spacial score (nSPS) is 12.3. The SMILES string of the molecule is CCC(N)CCc1ccc(-c2ccccc2)cc1. The van der Waals surface area contributed by atoms with Crippen LogP contribution < -0.4 is 5.73 Å². The van der Waals surface area contributed by atoms with Gasteiger partial charge < -0.3 is 5.73 Å². The number of aryl methyl sites for hydroxylation is 1. The maximum Gasteiger partial charge on any atom is 0.00393 e. The van der Waals surface area contributed by atoms with Gasteiger partial charge >= 0.3 is 0 Å². The lowest BCUT2D eigenvalue weighted by molar-refractivity contribution is 0.596. The standard InChI is InChI=1S/C17H21N/c1-2-17(18)13-10-14-8-11-16(12-9-14)15-6-4-3-5-7-15/h3-9,11-12,17H,2,10,13,18H2,1H3. The molecule has 1 nitrogen and oxygen atoms in total. The molecule has 2 aromatic rings. The van der Waals surface area contributed by atoms with Crippen molar-refractivity contribution in [1.29, 1.82) is 0 Å². The van der Waals surface area contributed by atoms with E-state index in [0.29, 0.717) is 6.04 Å². The van der Waals surface area contributed by atoms with E-state index in [4.69, 9.17) is 5.73 Å². The molecule has 0 amide bonds. The van der Waals surface area contributed by atoms with Crippen molar-refractivity contribution in [3.8, 4) is 11.1 Å². The predicted molar refractivity (Wildman–Crippen MR) is 78.5 cm³/mol. The summed E-state index contributed by atoms with van der Waals surface area (Å²) in [4.78, 5) is 0. The second kappa shape index (κ2) is 6.36. The van der Waals surface area contributed by atoms with Crippen LogP contribution in [0.3, 0.4) is 0 Å². The minimum atomic E-state index is 0.332. The maximum absolute atomic E-state index is 5.94. The highest BCUT2D eigenvalue weighted by Gasteiger charge is 2.01. The number of nitrogens with two attached hydrogens (primary N) is 1. The van der Waals surface area contributed by atoms with Gasteiger partial charge in [0.2, 0.25) is 0 Å². The quantitative estimate of drug-likeness (QED) is 0.837. The largest absolute Gasteiger partial charge is 0.328 e. The van der Waals surface area contributed by atoms with Crippen LogP contribution in [0.15, 0.2) is 54.6 Å². The molecule has 0 bridgehead atoms. The van der Waals surface area contributed by atoms with Crippen LogP contribution in [0, 0.1) is 0 Å². The monoisotopic (exact) mass is 239 g/mol. The molecular formula is C17H21N. The third-order valence-electron chi connectivity index (χ3n) is 3.39. The minimum absolute atomic E-state index is 0.332. The molecule has 94 valence electrons. The van der Waals surface area contributed by atoms with Crippen LogP contribution >= 0.6 is 0 Å². The fraction of sp³-hybridized carbons (Fsp3) is 0.294. The van der Waals surface area contributed by atoms with E-state index < -0.39 is 0 Å². The first-order valence-electron chi connectivity index (χ1n) is 6.69. The summed E-state index contributed by atoms with van der Waals surface area (Å²) in [7, 11) is 0. The van der Waals surface area contributed by atoms with E-state index in [0.717, 1.165) is 19.3 Å². The highest BCUT2D eigenvalue weighted by atomic mass is 14.6. The van der Waals surface area contributed by atoms with Crippen LogP contribution in [0.5, 0.6) is 0 Å². The van der Waals surface area contributed by atoms with Gasteiger partial charge in [0.25, 0.3) is 0 Å². The first kappa shape index (κ1) is 12.8. The first-order chi connectivity index (χ1) is 8.79. The van der Waals surface area contributed by atoms with Gasteiger partial charge in [-0.25, -0.2) is 0 Å². The summed E-state index contributed by atoms with van der Waals surface area (Å²) in [6.45, 7) is 2.14. The summed E-state index contributed by atoms with van der Waals surface area (Å²) < 4.78 is 0. The highest BCUT2D eigenvalue weighted by molar-refractivity contribution is 5.63. The number of rotatable bonds is 5. The second-order valence-corrected chi connectivity index (χ2v) is 4.77. The Bertz CT molecular complexity index is 459. The molecule has 0 aliphatic rings. The molecule has 1 atom stereocenters. The van der Waals surface area contributed by atoms with Crippen molar-refractivity contribution in [1.82, 2.24) is 0 Å². The van der Waals surface area contributed by atoms with Crippen LogP contribution in [0.25, 0.3) is 11.1 Å². The van der Waals surface area contributed by atoms with E-state index in [-0.39, 0.29) is 0 Å². The number of hydrogen-bond acceptors (Lipinski definition) is 1. The van der Waals surface area contributed by atoms with E-state index >= 15 is 0 Å². The van der Waals surface area contributed by atoms with Gasteiger partial charge in [0.1, 0.15) is 0 Å². The summed E-state index contributed by atoms with van der Waals surface area (Å²) >= 11 is 0. The molecule has 0 saturated carbocycles. The molecule has 2 N–H and O–H groups in total. The molecule has 0 heterocycles. The maximum atomic E-state index is 5.94. The molecule has 0 radical (unpaired) electrons. The molecular weight excluding hydrogens is 218 g/mol. The Balaban J connectivity index is 2.02. The van der Waals surface area contributed by atoms with Crippen molar-refractivity contribution in [3.05, 3.63) is 60.2 Å². The van der Waals surface area contributed by atoms with Crippen LogP contribution in [-0.2, 0) is 6.42 Å².